The monoisotopic (exact) mass is 485 g/mol. The van der Waals surface area contributed by atoms with Crippen molar-refractivity contribution in [2.45, 2.75) is 30.3 Å². The summed E-state index contributed by atoms with van der Waals surface area (Å²) >= 11 is 0. The highest BCUT2D eigenvalue weighted by molar-refractivity contribution is 7.89. The van der Waals surface area contributed by atoms with Gasteiger partial charge >= 0.3 is 0 Å². The van der Waals surface area contributed by atoms with Gasteiger partial charge in [-0.1, -0.05) is 18.2 Å². The number of piperazine rings is 1. The molecule has 2 saturated heterocycles. The maximum atomic E-state index is 13.0. The summed E-state index contributed by atoms with van der Waals surface area (Å²) in [7, 11) is -3.57. The quantitative estimate of drug-likeness (QED) is 0.646. The standard InChI is InChI=1S/C24H27N5O2S.ClH/c25-17-20-3-1-5-22(15-20)19-27-9-7-23(8-10-27)28-11-13-29(14-12-28)32(30,31)24-6-2-4-21(16-24)18-26;/h1-6,15-16,23H,7-14,19H2;1H. The topological polar surface area (TPSA) is 91.4 Å². The van der Waals surface area contributed by atoms with Crippen LogP contribution < -0.4 is 0 Å². The fourth-order valence-corrected chi connectivity index (χ4v) is 6.09. The van der Waals surface area contributed by atoms with Crippen molar-refractivity contribution in [3.8, 4) is 12.1 Å². The lowest BCUT2D eigenvalue weighted by Crippen LogP contribution is -2.54. The van der Waals surface area contributed by atoms with Crippen molar-refractivity contribution in [1.29, 1.82) is 10.5 Å². The molecule has 0 N–H and O–H groups in total. The van der Waals surface area contributed by atoms with Crippen LogP contribution in [0, 0.1) is 22.7 Å². The predicted octanol–water partition coefficient (Wildman–Crippen LogP) is 2.82. The summed E-state index contributed by atoms with van der Waals surface area (Å²) in [6.45, 7) is 5.26. The molecule has 33 heavy (non-hydrogen) atoms. The predicted molar refractivity (Wildman–Crippen MR) is 128 cm³/mol. The van der Waals surface area contributed by atoms with Crippen LogP contribution in [0.15, 0.2) is 53.4 Å². The number of piperidine rings is 1. The Bertz CT molecular complexity index is 1140. The number of nitrogens with zero attached hydrogens (tertiary/aromatic N) is 5. The molecule has 4 rings (SSSR count). The zero-order valence-electron chi connectivity index (χ0n) is 18.4. The summed E-state index contributed by atoms with van der Waals surface area (Å²) in [6, 6.07) is 18.7. The molecular formula is C24H28ClN5O2S. The van der Waals surface area contributed by atoms with Crippen LogP contribution in [0.25, 0.3) is 0 Å². The first-order valence-electron chi connectivity index (χ1n) is 11.0. The van der Waals surface area contributed by atoms with Gasteiger partial charge in [-0.2, -0.15) is 14.8 Å². The van der Waals surface area contributed by atoms with E-state index in [-0.39, 0.29) is 17.3 Å². The maximum Gasteiger partial charge on any atom is 0.243 e. The van der Waals surface area contributed by atoms with Gasteiger partial charge in [-0.05, 0) is 61.8 Å². The fourth-order valence-electron chi connectivity index (χ4n) is 4.62. The van der Waals surface area contributed by atoms with Gasteiger partial charge in [0.1, 0.15) is 0 Å². The van der Waals surface area contributed by atoms with Crippen LogP contribution in [-0.4, -0.2) is 67.8 Å². The fraction of sp³-hybridized carbons (Fsp3) is 0.417. The summed E-state index contributed by atoms with van der Waals surface area (Å²) in [5, 5.41) is 18.1. The van der Waals surface area contributed by atoms with Gasteiger partial charge in [-0.25, -0.2) is 8.42 Å². The Morgan fingerprint density at radius 3 is 2.09 bits per heavy atom. The number of hydrogen-bond donors (Lipinski definition) is 0. The van der Waals surface area contributed by atoms with Crippen LogP contribution in [0.3, 0.4) is 0 Å². The lowest BCUT2D eigenvalue weighted by atomic mass is 10.0. The van der Waals surface area contributed by atoms with Crippen molar-refractivity contribution in [1.82, 2.24) is 14.1 Å². The van der Waals surface area contributed by atoms with Gasteiger partial charge in [-0.15, -0.1) is 12.4 Å². The molecule has 0 bridgehead atoms. The normalized spacial score (nSPS) is 18.7. The first kappa shape index (κ1) is 25.2. The van der Waals surface area contributed by atoms with Crippen LogP contribution in [0.5, 0.6) is 0 Å². The van der Waals surface area contributed by atoms with Crippen molar-refractivity contribution in [2.75, 3.05) is 39.3 Å². The minimum absolute atomic E-state index is 0. The van der Waals surface area contributed by atoms with Crippen LogP contribution in [0.1, 0.15) is 29.5 Å². The van der Waals surface area contributed by atoms with Gasteiger partial charge in [0, 0.05) is 38.8 Å². The Morgan fingerprint density at radius 2 is 1.45 bits per heavy atom. The molecule has 9 heteroatoms. The highest BCUT2D eigenvalue weighted by Gasteiger charge is 2.32. The Morgan fingerprint density at radius 1 is 0.848 bits per heavy atom. The van der Waals surface area contributed by atoms with E-state index < -0.39 is 10.0 Å². The zero-order valence-corrected chi connectivity index (χ0v) is 20.1. The number of sulfonamides is 1. The lowest BCUT2D eigenvalue weighted by Gasteiger charge is -2.42. The molecule has 0 atom stereocenters. The molecule has 2 aliphatic heterocycles. The molecule has 0 amide bonds. The highest BCUT2D eigenvalue weighted by Crippen LogP contribution is 2.23. The third-order valence-corrected chi connectivity index (χ3v) is 8.30. The molecule has 2 fully saturated rings. The Labute approximate surface area is 202 Å². The van der Waals surface area contributed by atoms with Gasteiger partial charge in [0.25, 0.3) is 0 Å². The molecule has 0 saturated carbocycles. The van der Waals surface area contributed by atoms with Gasteiger partial charge in [0.15, 0.2) is 0 Å². The van der Waals surface area contributed by atoms with Crippen LogP contribution in [-0.2, 0) is 16.6 Å². The second-order valence-electron chi connectivity index (χ2n) is 8.40. The van der Waals surface area contributed by atoms with E-state index in [0.717, 1.165) is 45.6 Å². The smallest absolute Gasteiger partial charge is 0.243 e. The first-order chi connectivity index (χ1) is 15.5. The molecule has 174 valence electrons. The van der Waals surface area contributed by atoms with Gasteiger partial charge in [-0.3, -0.25) is 9.80 Å². The first-order valence-corrected chi connectivity index (χ1v) is 12.4. The van der Waals surface area contributed by atoms with Crippen molar-refractivity contribution >= 4 is 22.4 Å². The summed E-state index contributed by atoms with van der Waals surface area (Å²) in [5.41, 5.74) is 2.22. The van der Waals surface area contributed by atoms with Gasteiger partial charge in [0.05, 0.1) is 28.2 Å². The molecule has 0 aromatic heterocycles. The number of benzene rings is 2. The van der Waals surface area contributed by atoms with Crippen molar-refractivity contribution in [2.24, 2.45) is 0 Å². The maximum absolute atomic E-state index is 13.0. The average Bonchev–Trinajstić information content (AvgIpc) is 2.85. The molecule has 7 nitrogen and oxygen atoms in total. The second kappa shape index (κ2) is 11.1. The molecule has 0 aliphatic carbocycles. The zero-order chi connectivity index (χ0) is 22.6. The molecule has 2 aromatic rings. The van der Waals surface area contributed by atoms with Crippen LogP contribution in [0.2, 0.25) is 0 Å². The van der Waals surface area contributed by atoms with E-state index in [9.17, 15) is 8.42 Å². The Kier molecular flexibility index (Phi) is 8.47. The molecule has 0 spiro atoms. The largest absolute Gasteiger partial charge is 0.299 e. The third-order valence-electron chi connectivity index (χ3n) is 6.41. The van der Waals surface area contributed by atoms with Gasteiger partial charge in [0.2, 0.25) is 10.0 Å². The molecular weight excluding hydrogens is 458 g/mol. The Hall–Kier alpha value is -2.46. The number of nitriles is 2. The number of halogens is 1. The lowest BCUT2D eigenvalue weighted by molar-refractivity contribution is 0.0786. The minimum atomic E-state index is -3.57. The van der Waals surface area contributed by atoms with E-state index in [0.29, 0.717) is 30.3 Å². The van der Waals surface area contributed by atoms with E-state index >= 15 is 0 Å². The second-order valence-corrected chi connectivity index (χ2v) is 10.3. The molecule has 0 radical (unpaired) electrons. The van der Waals surface area contributed by atoms with Crippen molar-refractivity contribution < 1.29 is 8.42 Å². The van der Waals surface area contributed by atoms with E-state index in [4.69, 9.17) is 10.5 Å². The summed E-state index contributed by atoms with van der Waals surface area (Å²) in [6.07, 6.45) is 2.13. The van der Waals surface area contributed by atoms with E-state index in [1.165, 1.54) is 15.9 Å². The number of likely N-dealkylation sites (tertiary alicyclic amines) is 1. The summed E-state index contributed by atoms with van der Waals surface area (Å²) < 4.78 is 27.5. The van der Waals surface area contributed by atoms with E-state index in [2.05, 4.69) is 21.9 Å². The molecule has 2 heterocycles. The number of hydrogen-bond acceptors (Lipinski definition) is 6. The van der Waals surface area contributed by atoms with Crippen LogP contribution >= 0.6 is 12.4 Å². The molecule has 2 aromatic carbocycles. The molecule has 0 unspecified atom stereocenters. The van der Waals surface area contributed by atoms with Crippen molar-refractivity contribution in [3.63, 3.8) is 0 Å². The SMILES string of the molecule is Cl.N#Cc1cccc(CN2CCC(N3CCN(S(=O)(=O)c4cccc(C#N)c4)CC3)CC2)c1. The Balaban J connectivity index is 0.00000306. The summed E-state index contributed by atoms with van der Waals surface area (Å²) in [5.74, 6) is 0. The van der Waals surface area contributed by atoms with Crippen molar-refractivity contribution in [3.05, 3.63) is 65.2 Å². The molecule has 2 aliphatic rings. The third kappa shape index (κ3) is 5.92. The summed E-state index contributed by atoms with van der Waals surface area (Å²) in [4.78, 5) is 5.04. The minimum Gasteiger partial charge on any atom is -0.299 e. The number of rotatable bonds is 5. The van der Waals surface area contributed by atoms with E-state index in [1.807, 2.05) is 24.3 Å². The van der Waals surface area contributed by atoms with E-state index in [1.54, 1.807) is 18.2 Å². The van der Waals surface area contributed by atoms with Crippen LogP contribution in [0.4, 0.5) is 0 Å². The highest BCUT2D eigenvalue weighted by atomic mass is 35.5. The average molecular weight is 486 g/mol. The van der Waals surface area contributed by atoms with Gasteiger partial charge < -0.3 is 0 Å².